The lowest BCUT2D eigenvalue weighted by Crippen LogP contribution is -2.48. The van der Waals surface area contributed by atoms with Gasteiger partial charge in [0.2, 0.25) is 5.91 Å². The fraction of sp³-hybridized carbons (Fsp3) is 0.364. The van der Waals surface area contributed by atoms with Gasteiger partial charge in [0.1, 0.15) is 6.04 Å². The van der Waals surface area contributed by atoms with E-state index in [0.29, 0.717) is 28.3 Å². The molecule has 2 heterocycles. The topological polar surface area (TPSA) is 125 Å². The van der Waals surface area contributed by atoms with E-state index >= 15 is 0 Å². The van der Waals surface area contributed by atoms with Gasteiger partial charge >= 0.3 is 18.1 Å². The summed E-state index contributed by atoms with van der Waals surface area (Å²) >= 11 is 1.52. The number of aromatic carboxylic acids is 1. The van der Waals surface area contributed by atoms with Crippen LogP contribution in [0.2, 0.25) is 0 Å². The van der Waals surface area contributed by atoms with Crippen molar-refractivity contribution in [1.82, 2.24) is 4.90 Å². The second kappa shape index (κ2) is 14.2. The maximum Gasteiger partial charge on any atom is 0.471 e. The molecule has 0 unspecified atom stereocenters. The Hall–Kier alpha value is -3.91. The van der Waals surface area contributed by atoms with Crippen LogP contribution >= 0.6 is 11.8 Å². The van der Waals surface area contributed by atoms with E-state index < -0.39 is 36.3 Å². The fourth-order valence-electron chi connectivity index (χ4n) is 5.58. The molecule has 2 saturated heterocycles. The van der Waals surface area contributed by atoms with Gasteiger partial charge in [0.25, 0.3) is 0 Å². The van der Waals surface area contributed by atoms with Gasteiger partial charge in [-0.2, -0.15) is 13.2 Å². The lowest BCUT2D eigenvalue weighted by atomic mass is 9.91. The Morgan fingerprint density at radius 3 is 2.22 bits per heavy atom. The number of nitrogens with zero attached hydrogens (tertiary/aromatic N) is 1. The number of carbonyl (C=O) groups excluding carboxylic acids is 2. The normalized spacial score (nSPS) is 23.2. The highest BCUT2D eigenvalue weighted by atomic mass is 32.2. The van der Waals surface area contributed by atoms with E-state index in [-0.39, 0.29) is 43.3 Å². The number of carboxylic acid groups (broad SMARTS) is 1. The number of carbonyl (C=O) groups is 3. The summed E-state index contributed by atoms with van der Waals surface area (Å²) in [4.78, 5) is 37.3. The van der Waals surface area contributed by atoms with Crippen molar-refractivity contribution in [3.05, 3.63) is 95.1 Å². The minimum Gasteiger partial charge on any atom is -0.478 e. The Kier molecular flexibility index (Phi) is 10.4. The van der Waals surface area contributed by atoms with Crippen molar-refractivity contribution >= 4 is 35.2 Å². The molecular weight excluding hydrogens is 625 g/mol. The Morgan fingerprint density at radius 1 is 0.957 bits per heavy atom. The van der Waals surface area contributed by atoms with Gasteiger partial charge in [-0.3, -0.25) is 9.59 Å². The summed E-state index contributed by atoms with van der Waals surface area (Å²) < 4.78 is 51.9. The number of alkyl halides is 3. The van der Waals surface area contributed by atoms with Crippen molar-refractivity contribution in [2.24, 2.45) is 5.92 Å². The molecule has 0 aliphatic carbocycles. The highest BCUT2D eigenvalue weighted by Gasteiger charge is 2.47. The van der Waals surface area contributed by atoms with Crippen LogP contribution in [0.3, 0.4) is 0 Å². The highest BCUT2D eigenvalue weighted by molar-refractivity contribution is 7.99. The number of benzene rings is 3. The minimum atomic E-state index is -5.05. The summed E-state index contributed by atoms with van der Waals surface area (Å²) in [6, 6.07) is 19.4. The van der Waals surface area contributed by atoms with Crippen LogP contribution in [-0.4, -0.2) is 63.5 Å². The number of ether oxygens (including phenoxy) is 2. The lowest BCUT2D eigenvalue weighted by molar-refractivity contribution is -0.268. The third-order valence-corrected chi connectivity index (χ3v) is 9.25. The number of nitrogens with one attached hydrogen (secondary N) is 1. The van der Waals surface area contributed by atoms with Crippen LogP contribution in [0.5, 0.6) is 0 Å². The smallest absolute Gasteiger partial charge is 0.471 e. The molecule has 0 aromatic heterocycles. The van der Waals surface area contributed by atoms with Crippen molar-refractivity contribution in [3.8, 4) is 0 Å². The zero-order chi connectivity index (χ0) is 33.0. The van der Waals surface area contributed by atoms with Crippen molar-refractivity contribution in [2.45, 2.75) is 62.0 Å². The van der Waals surface area contributed by atoms with E-state index in [1.54, 1.807) is 48.5 Å². The maximum absolute atomic E-state index is 13.0. The summed E-state index contributed by atoms with van der Waals surface area (Å²) in [5.41, 5.74) is 2.85. The number of halogens is 3. The van der Waals surface area contributed by atoms with Gasteiger partial charge in [0, 0.05) is 34.4 Å². The molecule has 5 rings (SSSR count). The van der Waals surface area contributed by atoms with Gasteiger partial charge in [0.15, 0.2) is 6.29 Å². The molecule has 2 aliphatic heterocycles. The van der Waals surface area contributed by atoms with Gasteiger partial charge in [-0.1, -0.05) is 43.3 Å². The van der Waals surface area contributed by atoms with Gasteiger partial charge < -0.3 is 29.9 Å². The molecule has 13 heteroatoms. The zero-order valence-corrected chi connectivity index (χ0v) is 25.6. The van der Waals surface area contributed by atoms with Crippen LogP contribution in [0.1, 0.15) is 59.2 Å². The Morgan fingerprint density at radius 2 is 1.61 bits per heavy atom. The maximum atomic E-state index is 13.0. The molecule has 0 radical (unpaired) electrons. The van der Waals surface area contributed by atoms with Crippen LogP contribution in [0.25, 0.3) is 0 Å². The van der Waals surface area contributed by atoms with E-state index in [2.05, 4.69) is 5.32 Å². The molecule has 2 fully saturated rings. The van der Waals surface area contributed by atoms with E-state index in [9.17, 15) is 37.8 Å². The van der Waals surface area contributed by atoms with Gasteiger partial charge in [-0.05, 0) is 60.4 Å². The van der Waals surface area contributed by atoms with Crippen molar-refractivity contribution in [2.75, 3.05) is 17.6 Å². The molecule has 3 aromatic rings. The van der Waals surface area contributed by atoms with E-state index in [4.69, 9.17) is 9.47 Å². The summed E-state index contributed by atoms with van der Waals surface area (Å²) in [6.07, 6.45) is -6.07. The summed E-state index contributed by atoms with van der Waals surface area (Å²) in [5.74, 6) is -3.26. The average molecular weight is 659 g/mol. The summed E-state index contributed by atoms with van der Waals surface area (Å²) in [6.45, 7) is 1.79. The standard InChI is InChI=1S/C33H33F3N2O7S/c1-19-27(18-46-25-14-10-22(11-15-25)30(41)42)44-31(45-28(19)21-6-4-20(17-39)5-7-21)23-8-12-24(13-9-23)37-29(40)26-3-2-16-38(26)32(43)33(34,35)36/h4-15,19,26-28,31,39H,2-3,16-18H2,1H3,(H,37,40)(H,41,42)/t19-,26+,27+,28+,31+/m1/s1. The van der Waals surface area contributed by atoms with E-state index in [0.717, 1.165) is 16.0 Å². The van der Waals surface area contributed by atoms with Crippen LogP contribution in [0, 0.1) is 5.92 Å². The van der Waals surface area contributed by atoms with Crippen molar-refractivity contribution in [1.29, 1.82) is 0 Å². The zero-order valence-electron chi connectivity index (χ0n) is 24.8. The Labute approximate surface area is 267 Å². The van der Waals surface area contributed by atoms with Crippen LogP contribution in [0.15, 0.2) is 77.7 Å². The SMILES string of the molecule is C[C@@H]1[C@H](CSc2ccc(C(=O)O)cc2)O[C@H](c2ccc(NC(=O)[C@@H]3CCCN3C(=O)C(F)(F)F)cc2)O[C@@H]1c1ccc(CO)cc1. The summed E-state index contributed by atoms with van der Waals surface area (Å²) in [7, 11) is 0. The first kappa shape index (κ1) is 33.5. The second-order valence-corrected chi connectivity index (χ2v) is 12.3. The predicted octanol–water partition coefficient (Wildman–Crippen LogP) is 5.95. The van der Waals surface area contributed by atoms with Gasteiger partial charge in [0.05, 0.1) is 24.4 Å². The third kappa shape index (κ3) is 7.72. The first-order valence-corrected chi connectivity index (χ1v) is 15.7. The predicted molar refractivity (Wildman–Crippen MR) is 163 cm³/mol. The molecule has 244 valence electrons. The molecule has 0 saturated carbocycles. The number of likely N-dealkylation sites (tertiary alicyclic amines) is 1. The molecule has 2 aliphatic rings. The number of carboxylic acids is 1. The number of aliphatic hydroxyl groups is 1. The molecule has 3 N–H and O–H groups in total. The number of hydrogen-bond acceptors (Lipinski definition) is 7. The third-order valence-electron chi connectivity index (χ3n) is 8.15. The van der Waals surface area contributed by atoms with Crippen LogP contribution in [0.4, 0.5) is 18.9 Å². The Balaban J connectivity index is 1.31. The molecule has 2 amide bonds. The number of amides is 2. The highest BCUT2D eigenvalue weighted by Crippen LogP contribution is 2.43. The molecular formula is C33H33F3N2O7S. The first-order chi connectivity index (χ1) is 21.9. The van der Waals surface area contributed by atoms with Gasteiger partial charge in [-0.15, -0.1) is 11.8 Å². The molecule has 0 spiro atoms. The van der Waals surface area contributed by atoms with Crippen LogP contribution < -0.4 is 5.32 Å². The molecule has 3 aromatic carbocycles. The average Bonchev–Trinajstić information content (AvgIpc) is 3.54. The van der Waals surface area contributed by atoms with Crippen molar-refractivity contribution in [3.63, 3.8) is 0 Å². The quantitative estimate of drug-likeness (QED) is 0.241. The van der Waals surface area contributed by atoms with Crippen molar-refractivity contribution < 1.29 is 47.2 Å². The summed E-state index contributed by atoms with van der Waals surface area (Å²) in [5, 5.41) is 21.3. The fourth-order valence-corrected chi connectivity index (χ4v) is 6.64. The molecule has 0 bridgehead atoms. The van der Waals surface area contributed by atoms with Gasteiger partial charge in [-0.25, -0.2) is 4.79 Å². The largest absolute Gasteiger partial charge is 0.478 e. The monoisotopic (exact) mass is 658 g/mol. The van der Waals surface area contributed by atoms with E-state index in [1.807, 2.05) is 31.2 Å². The second-order valence-electron chi connectivity index (χ2n) is 11.2. The number of anilines is 1. The van der Waals surface area contributed by atoms with Crippen LogP contribution in [-0.2, 0) is 25.7 Å². The number of thioether (sulfide) groups is 1. The number of rotatable bonds is 9. The molecule has 5 atom stereocenters. The Bertz CT molecular complexity index is 1530. The molecule has 9 nitrogen and oxygen atoms in total. The molecule has 46 heavy (non-hydrogen) atoms. The number of hydrogen-bond donors (Lipinski definition) is 3. The van der Waals surface area contributed by atoms with E-state index in [1.165, 1.54) is 11.8 Å². The minimum absolute atomic E-state index is 0.0886. The number of aliphatic hydroxyl groups excluding tert-OH is 1. The first-order valence-electron chi connectivity index (χ1n) is 14.7. The lowest BCUT2D eigenvalue weighted by Gasteiger charge is -2.41.